The second-order valence-electron chi connectivity index (χ2n) is 4.35. The van der Waals surface area contributed by atoms with Gasteiger partial charge in [0.1, 0.15) is 17.2 Å². The van der Waals surface area contributed by atoms with Gasteiger partial charge in [0.2, 0.25) is 0 Å². The molecule has 21 heavy (non-hydrogen) atoms. The van der Waals surface area contributed by atoms with Gasteiger partial charge in [-0.05, 0) is 24.3 Å². The lowest BCUT2D eigenvalue weighted by Crippen LogP contribution is -2.12. The van der Waals surface area contributed by atoms with E-state index in [-0.39, 0.29) is 5.84 Å². The Kier molecular flexibility index (Phi) is 3.90. The molecule has 3 aromatic rings. The number of nitrogens with one attached hydrogen (secondary N) is 1. The average Bonchev–Trinajstić information content (AvgIpc) is 2.47. The number of hydrogen-bond acceptors (Lipinski definition) is 4. The molecule has 104 valence electrons. The summed E-state index contributed by atoms with van der Waals surface area (Å²) in [7, 11) is 0. The summed E-state index contributed by atoms with van der Waals surface area (Å²) in [5, 5.41) is 9.53. The summed E-state index contributed by atoms with van der Waals surface area (Å²) < 4.78 is 0.938. The molecule has 4 nitrogen and oxygen atoms in total. The lowest BCUT2D eigenvalue weighted by molar-refractivity contribution is 1.10. The van der Waals surface area contributed by atoms with Gasteiger partial charge in [0, 0.05) is 20.3 Å². The molecule has 6 heteroatoms. The highest BCUT2D eigenvalue weighted by Crippen LogP contribution is 2.34. The molecule has 0 atom stereocenters. The van der Waals surface area contributed by atoms with Crippen molar-refractivity contribution in [3.05, 3.63) is 58.8 Å². The number of nitrogens with zero attached hydrogens (tertiary/aromatic N) is 2. The number of hydrogen-bond donors (Lipinski definition) is 2. The predicted octanol–water partition coefficient (Wildman–Crippen LogP) is 3.83. The van der Waals surface area contributed by atoms with Gasteiger partial charge in [0.25, 0.3) is 0 Å². The van der Waals surface area contributed by atoms with E-state index in [1.807, 2.05) is 42.5 Å². The summed E-state index contributed by atoms with van der Waals surface area (Å²) >= 11 is 4.94. The average molecular weight is 359 g/mol. The Labute approximate surface area is 134 Å². The lowest BCUT2D eigenvalue weighted by Gasteiger charge is -2.09. The van der Waals surface area contributed by atoms with Crippen molar-refractivity contribution in [1.82, 2.24) is 9.97 Å². The second kappa shape index (κ2) is 5.83. The Bertz CT molecular complexity index is 830. The SMILES string of the molecule is N=C(N)c1ccc(Br)cc1Sc1ncnc2ccccc12. The molecule has 0 aliphatic carbocycles. The standard InChI is InChI=1S/C15H11BrN4S/c16-9-5-6-11(14(17)18)13(7-9)21-15-10-3-1-2-4-12(10)19-8-20-15/h1-8H,(H3,17,18). The summed E-state index contributed by atoms with van der Waals surface area (Å²) in [4.78, 5) is 9.51. The van der Waals surface area contributed by atoms with Crippen LogP contribution in [0.5, 0.6) is 0 Å². The summed E-state index contributed by atoms with van der Waals surface area (Å²) in [6, 6.07) is 13.5. The van der Waals surface area contributed by atoms with Gasteiger partial charge in [-0.3, -0.25) is 5.41 Å². The number of benzene rings is 2. The van der Waals surface area contributed by atoms with Gasteiger partial charge in [-0.15, -0.1) is 0 Å². The minimum atomic E-state index is 0.0448. The molecule has 0 spiro atoms. The van der Waals surface area contributed by atoms with Crippen LogP contribution in [0.2, 0.25) is 0 Å². The lowest BCUT2D eigenvalue weighted by atomic mass is 10.2. The Balaban J connectivity index is 2.11. The molecule has 0 bridgehead atoms. The van der Waals surface area contributed by atoms with Gasteiger partial charge in [-0.2, -0.15) is 0 Å². The molecule has 0 saturated heterocycles. The van der Waals surface area contributed by atoms with Crippen LogP contribution in [0.4, 0.5) is 0 Å². The molecule has 2 aromatic carbocycles. The van der Waals surface area contributed by atoms with E-state index in [1.54, 1.807) is 6.33 Å². The van der Waals surface area contributed by atoms with E-state index in [4.69, 9.17) is 11.1 Å². The zero-order chi connectivity index (χ0) is 14.8. The van der Waals surface area contributed by atoms with Crippen LogP contribution in [0.1, 0.15) is 5.56 Å². The van der Waals surface area contributed by atoms with Crippen molar-refractivity contribution in [2.45, 2.75) is 9.92 Å². The summed E-state index contributed by atoms with van der Waals surface area (Å²) in [6.07, 6.45) is 1.55. The van der Waals surface area contributed by atoms with Crippen LogP contribution in [0.15, 0.2) is 63.2 Å². The van der Waals surface area contributed by atoms with Crippen molar-refractivity contribution in [3.8, 4) is 0 Å². The Morgan fingerprint density at radius 2 is 1.95 bits per heavy atom. The molecule has 1 heterocycles. The molecule has 1 aromatic heterocycles. The third-order valence-electron chi connectivity index (χ3n) is 2.95. The number of fused-ring (bicyclic) bond motifs is 1. The first-order chi connectivity index (χ1) is 10.1. The van der Waals surface area contributed by atoms with E-state index in [1.165, 1.54) is 11.8 Å². The molecule has 0 fully saturated rings. The molecular formula is C15H11BrN4S. The monoisotopic (exact) mass is 358 g/mol. The molecule has 0 radical (unpaired) electrons. The van der Waals surface area contributed by atoms with Gasteiger partial charge in [0.15, 0.2) is 0 Å². The van der Waals surface area contributed by atoms with E-state index < -0.39 is 0 Å². The van der Waals surface area contributed by atoms with E-state index in [2.05, 4.69) is 25.9 Å². The fraction of sp³-hybridized carbons (Fsp3) is 0. The molecule has 0 saturated carbocycles. The molecule has 3 N–H and O–H groups in total. The highest BCUT2D eigenvalue weighted by molar-refractivity contribution is 9.10. The fourth-order valence-electron chi connectivity index (χ4n) is 1.97. The first-order valence-electron chi connectivity index (χ1n) is 6.16. The van der Waals surface area contributed by atoms with Gasteiger partial charge in [0.05, 0.1) is 5.52 Å². The fourth-order valence-corrected chi connectivity index (χ4v) is 3.55. The summed E-state index contributed by atoms with van der Waals surface area (Å²) in [5.41, 5.74) is 7.25. The van der Waals surface area contributed by atoms with Gasteiger partial charge in [-0.1, -0.05) is 45.9 Å². The van der Waals surface area contributed by atoms with E-state index >= 15 is 0 Å². The van der Waals surface area contributed by atoms with Crippen molar-refractivity contribution < 1.29 is 0 Å². The van der Waals surface area contributed by atoms with Crippen molar-refractivity contribution >= 4 is 44.4 Å². The molecule has 0 aliphatic rings. The molecular weight excluding hydrogens is 348 g/mol. The number of aromatic nitrogens is 2. The van der Waals surface area contributed by atoms with E-state index in [0.29, 0.717) is 5.56 Å². The Hall–Kier alpha value is -1.92. The number of rotatable bonds is 3. The van der Waals surface area contributed by atoms with E-state index in [9.17, 15) is 0 Å². The highest BCUT2D eigenvalue weighted by Gasteiger charge is 2.11. The van der Waals surface area contributed by atoms with E-state index in [0.717, 1.165) is 25.3 Å². The zero-order valence-electron chi connectivity index (χ0n) is 10.9. The van der Waals surface area contributed by atoms with Crippen LogP contribution < -0.4 is 5.73 Å². The number of amidine groups is 1. The largest absolute Gasteiger partial charge is 0.384 e. The van der Waals surface area contributed by atoms with Crippen LogP contribution in [-0.2, 0) is 0 Å². The normalized spacial score (nSPS) is 10.7. The highest BCUT2D eigenvalue weighted by atomic mass is 79.9. The first-order valence-corrected chi connectivity index (χ1v) is 7.77. The minimum absolute atomic E-state index is 0.0448. The second-order valence-corrected chi connectivity index (χ2v) is 6.30. The summed E-state index contributed by atoms with van der Waals surface area (Å²) in [6.45, 7) is 0. The first kappa shape index (κ1) is 14.0. The van der Waals surface area contributed by atoms with Crippen molar-refractivity contribution in [2.75, 3.05) is 0 Å². The smallest absolute Gasteiger partial charge is 0.123 e. The van der Waals surface area contributed by atoms with Crippen molar-refractivity contribution in [1.29, 1.82) is 5.41 Å². The Morgan fingerprint density at radius 1 is 1.14 bits per heavy atom. The van der Waals surface area contributed by atoms with Crippen molar-refractivity contribution in [2.24, 2.45) is 5.73 Å². The zero-order valence-corrected chi connectivity index (χ0v) is 13.3. The maximum Gasteiger partial charge on any atom is 0.123 e. The maximum atomic E-state index is 7.69. The molecule has 0 aliphatic heterocycles. The number of nitrogens with two attached hydrogens (primary N) is 1. The van der Waals surface area contributed by atoms with Crippen LogP contribution in [0, 0.1) is 5.41 Å². The third kappa shape index (κ3) is 2.91. The maximum absolute atomic E-state index is 7.69. The number of halogens is 1. The van der Waals surface area contributed by atoms with Crippen LogP contribution in [-0.4, -0.2) is 15.8 Å². The Morgan fingerprint density at radius 3 is 2.76 bits per heavy atom. The van der Waals surface area contributed by atoms with Crippen LogP contribution in [0.3, 0.4) is 0 Å². The summed E-state index contributed by atoms with van der Waals surface area (Å²) in [5.74, 6) is 0.0448. The minimum Gasteiger partial charge on any atom is -0.384 e. The third-order valence-corrected chi connectivity index (χ3v) is 4.52. The van der Waals surface area contributed by atoms with Gasteiger partial charge >= 0.3 is 0 Å². The molecule has 0 amide bonds. The predicted molar refractivity (Wildman–Crippen MR) is 88.8 cm³/mol. The number of nitrogen functional groups attached to an aromatic ring is 1. The van der Waals surface area contributed by atoms with Crippen LogP contribution >= 0.6 is 27.7 Å². The molecule has 3 rings (SSSR count). The quantitative estimate of drug-likeness (QED) is 0.423. The van der Waals surface area contributed by atoms with Gasteiger partial charge < -0.3 is 5.73 Å². The van der Waals surface area contributed by atoms with Crippen LogP contribution in [0.25, 0.3) is 10.9 Å². The van der Waals surface area contributed by atoms with Gasteiger partial charge in [-0.25, -0.2) is 9.97 Å². The number of para-hydroxylation sites is 1. The topological polar surface area (TPSA) is 75.7 Å². The van der Waals surface area contributed by atoms with Crippen molar-refractivity contribution in [3.63, 3.8) is 0 Å². The molecule has 0 unspecified atom stereocenters.